The van der Waals surface area contributed by atoms with Crippen molar-refractivity contribution in [3.05, 3.63) is 106 Å². The molecule has 4 heterocycles. The summed E-state index contributed by atoms with van der Waals surface area (Å²) >= 11 is 0. The number of benzene rings is 3. The monoisotopic (exact) mass is 960 g/mol. The first-order chi connectivity index (χ1) is 33.4. The minimum atomic E-state index is -1.21. The molecule has 0 radical (unpaired) electrons. The van der Waals surface area contributed by atoms with Crippen LogP contribution >= 0.6 is 0 Å². The van der Waals surface area contributed by atoms with E-state index in [9.17, 15) is 29.1 Å². The van der Waals surface area contributed by atoms with E-state index in [-0.39, 0.29) is 67.9 Å². The van der Waals surface area contributed by atoms with Crippen molar-refractivity contribution in [1.29, 1.82) is 0 Å². The van der Waals surface area contributed by atoms with Crippen LogP contribution in [0.5, 0.6) is 5.75 Å². The Morgan fingerprint density at radius 3 is 2.47 bits per heavy atom. The molecular weight excluding hydrogens is 887 g/mol. The van der Waals surface area contributed by atoms with E-state index in [0.717, 1.165) is 47.3 Å². The molecule has 376 valence electrons. The molecule has 0 aliphatic carbocycles. The third kappa shape index (κ3) is 11.2. The van der Waals surface area contributed by atoms with Crippen LogP contribution in [0.2, 0.25) is 0 Å². The summed E-state index contributed by atoms with van der Waals surface area (Å²) in [4.78, 5) is 74.8. The van der Waals surface area contributed by atoms with E-state index in [1.54, 1.807) is 38.0 Å². The van der Waals surface area contributed by atoms with Gasteiger partial charge in [-0.05, 0) is 133 Å². The maximum atomic E-state index is 14.7. The lowest BCUT2D eigenvalue weighted by atomic mass is 9.75. The number of aromatic hydroxyl groups is 1. The summed E-state index contributed by atoms with van der Waals surface area (Å²) in [6, 6.07) is 17.3. The number of carbonyl (C=O) groups is 5. The molecule has 5 atom stereocenters. The highest BCUT2D eigenvalue weighted by molar-refractivity contribution is 6.01. The van der Waals surface area contributed by atoms with E-state index in [1.165, 1.54) is 39.2 Å². The summed E-state index contributed by atoms with van der Waals surface area (Å²) in [5, 5.41) is 16.9. The summed E-state index contributed by atoms with van der Waals surface area (Å²) in [6.07, 6.45) is 4.17. The van der Waals surface area contributed by atoms with Gasteiger partial charge in [-0.25, -0.2) is 9.80 Å². The molecule has 3 aromatic rings. The lowest BCUT2D eigenvalue weighted by Crippen LogP contribution is -2.63. The Bertz CT molecular complexity index is 2520. The van der Waals surface area contributed by atoms with Gasteiger partial charge in [-0.1, -0.05) is 71.0 Å². The number of nitrogens with one attached hydrogen (secondary N) is 2. The van der Waals surface area contributed by atoms with Crippen LogP contribution in [0.1, 0.15) is 114 Å². The van der Waals surface area contributed by atoms with Gasteiger partial charge in [0.25, 0.3) is 11.8 Å². The number of allylic oxidation sites excluding steroid dienone is 1. The third-order valence-corrected chi connectivity index (χ3v) is 14.5. The predicted molar refractivity (Wildman–Crippen MR) is 270 cm³/mol. The zero-order valence-electron chi connectivity index (χ0n) is 42.6. The Morgan fingerprint density at radius 1 is 1.01 bits per heavy atom. The van der Waals surface area contributed by atoms with E-state index >= 15 is 0 Å². The van der Waals surface area contributed by atoms with Gasteiger partial charge >= 0.3 is 6.09 Å². The maximum Gasteiger partial charge on any atom is 0.425 e. The van der Waals surface area contributed by atoms with Crippen LogP contribution in [0, 0.1) is 17.3 Å². The van der Waals surface area contributed by atoms with Crippen molar-refractivity contribution in [2.24, 2.45) is 17.3 Å². The Hall–Kier alpha value is -6.19. The minimum Gasteiger partial charge on any atom is -0.508 e. The first-order valence-corrected chi connectivity index (χ1v) is 24.9. The van der Waals surface area contributed by atoms with Crippen molar-refractivity contribution < 1.29 is 38.6 Å². The van der Waals surface area contributed by atoms with Crippen LogP contribution in [-0.4, -0.2) is 114 Å². The lowest BCUT2D eigenvalue weighted by Gasteiger charge is -2.38. The molecule has 0 aromatic heterocycles. The number of methoxy groups -OCH3 is 1. The Kier molecular flexibility index (Phi) is 16.1. The van der Waals surface area contributed by atoms with Crippen LogP contribution in [0.4, 0.5) is 10.5 Å². The summed E-state index contributed by atoms with van der Waals surface area (Å²) in [7, 11) is 3.26. The van der Waals surface area contributed by atoms with Crippen LogP contribution in [-0.2, 0) is 48.1 Å². The van der Waals surface area contributed by atoms with Gasteiger partial charge in [0.1, 0.15) is 17.5 Å². The molecule has 2 unspecified atom stereocenters. The summed E-state index contributed by atoms with van der Waals surface area (Å²) < 4.78 is 12.0. The first-order valence-electron chi connectivity index (χ1n) is 24.9. The Morgan fingerprint density at radius 2 is 1.77 bits per heavy atom. The van der Waals surface area contributed by atoms with Crippen LogP contribution in [0.3, 0.4) is 0 Å². The quantitative estimate of drug-likeness (QED) is 0.153. The number of phenols is 1. The number of fused-ring (bicyclic) bond motifs is 6. The molecule has 0 spiro atoms. The molecule has 4 aliphatic rings. The highest BCUT2D eigenvalue weighted by Gasteiger charge is 2.44. The van der Waals surface area contributed by atoms with Crippen molar-refractivity contribution >= 4 is 35.4 Å². The molecule has 3 aromatic carbocycles. The van der Waals surface area contributed by atoms with Gasteiger partial charge in [-0.3, -0.25) is 24.2 Å². The fourth-order valence-corrected chi connectivity index (χ4v) is 10.8. The topological polar surface area (TPSA) is 164 Å². The van der Waals surface area contributed by atoms with Gasteiger partial charge in [0, 0.05) is 64.9 Å². The van der Waals surface area contributed by atoms with E-state index < -0.39 is 35.3 Å². The summed E-state index contributed by atoms with van der Waals surface area (Å²) in [6.45, 7) is 20.3. The summed E-state index contributed by atoms with van der Waals surface area (Å²) in [5.74, 6) is -1.79. The molecule has 3 N–H and O–H groups in total. The molecule has 4 aliphatic heterocycles. The van der Waals surface area contributed by atoms with Crippen molar-refractivity contribution in [2.75, 3.05) is 58.4 Å². The van der Waals surface area contributed by atoms with Crippen molar-refractivity contribution in [2.45, 2.75) is 112 Å². The van der Waals surface area contributed by atoms with Crippen molar-refractivity contribution in [1.82, 2.24) is 30.7 Å². The molecular formula is C55H73N7O8. The number of likely N-dealkylation sites (tertiary alicyclic amines) is 1. The van der Waals surface area contributed by atoms with E-state index in [2.05, 4.69) is 93.3 Å². The molecule has 70 heavy (non-hydrogen) atoms. The highest BCUT2D eigenvalue weighted by Crippen LogP contribution is 2.54. The number of phenolic OH excluding ortho intramolecular Hbond substituents is 1. The fraction of sp³-hybridized carbons (Fsp3) is 0.509. The largest absolute Gasteiger partial charge is 0.508 e. The van der Waals surface area contributed by atoms with Gasteiger partial charge in [0.2, 0.25) is 11.8 Å². The van der Waals surface area contributed by atoms with Gasteiger partial charge in [0.05, 0.1) is 25.2 Å². The number of anilines is 1. The molecule has 6 bridgehead atoms. The van der Waals surface area contributed by atoms with Gasteiger partial charge in [-0.15, -0.1) is 5.53 Å². The number of hydrazine groups is 2. The van der Waals surface area contributed by atoms with Gasteiger partial charge in [-0.2, -0.15) is 0 Å². The second kappa shape index (κ2) is 21.8. The van der Waals surface area contributed by atoms with E-state index in [4.69, 9.17) is 9.47 Å². The molecule has 5 amide bonds. The van der Waals surface area contributed by atoms with Crippen LogP contribution < -0.4 is 15.8 Å². The lowest BCUT2D eigenvalue weighted by molar-refractivity contribution is -0.146. The van der Waals surface area contributed by atoms with E-state index in [1.807, 2.05) is 6.07 Å². The molecule has 7 rings (SSSR count). The number of hydrogen-bond acceptors (Lipinski definition) is 10. The average Bonchev–Trinajstić information content (AvgIpc) is 3.95. The average molecular weight is 960 g/mol. The number of rotatable bonds is 12. The first kappa shape index (κ1) is 51.7. The number of amides is 5. The summed E-state index contributed by atoms with van der Waals surface area (Å²) in [5.41, 5.74) is 11.1. The van der Waals surface area contributed by atoms with Gasteiger partial charge in [0.15, 0.2) is 0 Å². The molecule has 15 nitrogen and oxygen atoms in total. The number of ether oxygens (including phenoxy) is 2. The molecule has 0 saturated carbocycles. The van der Waals surface area contributed by atoms with Gasteiger partial charge < -0.3 is 34.6 Å². The third-order valence-electron chi connectivity index (χ3n) is 14.5. The molecule has 2 fully saturated rings. The van der Waals surface area contributed by atoms with Crippen LogP contribution in [0.25, 0.3) is 11.1 Å². The van der Waals surface area contributed by atoms with Crippen LogP contribution in [0.15, 0.2) is 78.5 Å². The number of likely N-dealkylation sites (N-methyl/N-ethyl adjacent to an activating group) is 2. The Labute approximate surface area is 413 Å². The Balaban J connectivity index is 1.28. The second-order valence-electron chi connectivity index (χ2n) is 20.7. The highest BCUT2D eigenvalue weighted by atomic mass is 16.6. The van der Waals surface area contributed by atoms with E-state index in [0.29, 0.717) is 49.5 Å². The zero-order valence-corrected chi connectivity index (χ0v) is 42.6. The molecule has 15 heteroatoms. The number of cyclic esters (lactones) is 1. The maximum absolute atomic E-state index is 14.7. The van der Waals surface area contributed by atoms with Crippen molar-refractivity contribution in [3.63, 3.8) is 0 Å². The zero-order chi connectivity index (χ0) is 50.6. The number of hydrogen-bond donors (Lipinski definition) is 3. The predicted octanol–water partition coefficient (Wildman–Crippen LogP) is 7.79. The normalized spacial score (nSPS) is 21.6. The minimum absolute atomic E-state index is 0.00626. The molecule has 2 saturated heterocycles. The smallest absolute Gasteiger partial charge is 0.425 e. The standard InChI is InChI=1S/C55H73N7O8/c1-11-35(6)23-36-15-17-43(41(24-36)32-69-10)50-45-30-55(7,8)33-70-54(68)62-21-14-20-61(57-62)53(67)46(27-37-25-40(28-42(63)26-37)38-16-18-47(44(45)29-38)60(50)13-3)56-51(65)49(34(4)5)58(9)52(66)39-19-22-59(31-39)48(64)12-2/h12,15-18,24-26,28-29,35,39,45-46,50,57,63H,2,11,13-14,19-23,27,30-33H2,1,3-10H3,(H,56,65)/t35-,39+,45?,46+,50?/m1/s1. The second-order valence-corrected chi connectivity index (χ2v) is 20.7. The fourth-order valence-electron chi connectivity index (χ4n) is 10.8. The number of carbonyl (C=O) groups excluding carboxylic acids is 5. The van der Waals surface area contributed by atoms with Crippen molar-refractivity contribution in [3.8, 4) is 16.9 Å². The number of nitrogens with zero attached hydrogens (tertiary/aromatic N) is 5. The SMILES string of the molecule is C=CC(=O)N1CC[C@H](C(=O)N(C)C(C(=O)N[C@H]2Cc3cc(O)cc(c3)-c3ccc4c(c3)C(CC(C)(C)COC(=O)N3CCCN(N3)C2=O)C(c2ccc(C[C@H](C)CC)cc2COC)N4CC)=C(C)C)C1.